The fraction of sp³-hybridized carbons (Fsp3) is 0.238. The van der Waals surface area contributed by atoms with Crippen molar-refractivity contribution in [1.82, 2.24) is 8.87 Å². The second-order valence-electron chi connectivity index (χ2n) is 7.32. The van der Waals surface area contributed by atoms with Gasteiger partial charge in [-0.3, -0.25) is 0 Å². The molecule has 28 heavy (non-hydrogen) atoms. The first-order valence-corrected chi connectivity index (χ1v) is 11.1. The minimum atomic E-state index is -3.61. The molecule has 2 aliphatic rings. The number of para-hydroxylation sites is 2. The van der Waals surface area contributed by atoms with Crippen LogP contribution in [0.2, 0.25) is 5.02 Å². The van der Waals surface area contributed by atoms with Crippen LogP contribution in [-0.4, -0.2) is 30.4 Å². The molecule has 1 spiro atoms. The maximum atomic E-state index is 13.1. The maximum Gasteiger partial charge on any atom is 0.244 e. The van der Waals surface area contributed by atoms with E-state index in [-0.39, 0.29) is 15.5 Å². The first kappa shape index (κ1) is 17.8. The van der Waals surface area contributed by atoms with E-state index in [1.807, 2.05) is 18.2 Å². The summed E-state index contributed by atoms with van der Waals surface area (Å²) in [5.74, 6) is 0. The van der Waals surface area contributed by atoms with Gasteiger partial charge in [0.2, 0.25) is 10.0 Å². The zero-order valence-corrected chi connectivity index (χ0v) is 16.7. The van der Waals surface area contributed by atoms with Crippen molar-refractivity contribution in [3.05, 3.63) is 77.6 Å². The van der Waals surface area contributed by atoms with Gasteiger partial charge in [0.15, 0.2) is 0 Å². The zero-order valence-electron chi connectivity index (χ0n) is 15.2. The molecule has 0 unspecified atom stereocenters. The second-order valence-corrected chi connectivity index (χ2v) is 9.64. The van der Waals surface area contributed by atoms with Crippen molar-refractivity contribution < 1.29 is 8.42 Å². The van der Waals surface area contributed by atoms with E-state index in [9.17, 15) is 8.42 Å². The van der Waals surface area contributed by atoms with E-state index in [4.69, 9.17) is 11.6 Å². The Kier molecular flexibility index (Phi) is 4.05. The van der Waals surface area contributed by atoms with E-state index < -0.39 is 10.0 Å². The Morgan fingerprint density at radius 1 is 0.929 bits per heavy atom. The van der Waals surface area contributed by atoms with Gasteiger partial charge in [0.05, 0.1) is 21.9 Å². The number of rotatable bonds is 2. The number of aromatic nitrogens is 1. The van der Waals surface area contributed by atoms with Gasteiger partial charge in [0, 0.05) is 25.0 Å². The smallest absolute Gasteiger partial charge is 0.244 e. The summed E-state index contributed by atoms with van der Waals surface area (Å²) in [6.45, 7) is 0.877. The van der Waals surface area contributed by atoms with Gasteiger partial charge in [-0.1, -0.05) is 35.9 Å². The molecule has 2 aromatic carbocycles. The Labute approximate surface area is 169 Å². The number of anilines is 1. The number of benzene rings is 2. The first-order chi connectivity index (χ1) is 13.5. The van der Waals surface area contributed by atoms with Crippen molar-refractivity contribution in [1.29, 1.82) is 0 Å². The molecule has 0 aliphatic carbocycles. The van der Waals surface area contributed by atoms with Gasteiger partial charge in [-0.05, 0) is 49.2 Å². The standard InChI is InChI=1S/C21H20ClN3O2S/c22-16-6-1-4-9-19(16)28(26,27)24-14-11-21(12-15-24)20-10-5-13-25(20)18-8-3-2-7-17(18)23-21/h1-10,13,23H,11-12,14-15H2. The quantitative estimate of drug-likeness (QED) is 0.683. The summed E-state index contributed by atoms with van der Waals surface area (Å²) in [7, 11) is -3.61. The van der Waals surface area contributed by atoms with Crippen LogP contribution in [0.25, 0.3) is 5.69 Å². The van der Waals surface area contributed by atoms with Gasteiger partial charge in [0.1, 0.15) is 4.90 Å². The third-order valence-electron chi connectivity index (χ3n) is 5.81. The number of fused-ring (bicyclic) bond motifs is 4. The Bertz CT molecular complexity index is 1150. The highest BCUT2D eigenvalue weighted by atomic mass is 35.5. The van der Waals surface area contributed by atoms with Crippen LogP contribution in [0.15, 0.2) is 71.8 Å². The van der Waals surface area contributed by atoms with Crippen molar-refractivity contribution in [3.63, 3.8) is 0 Å². The van der Waals surface area contributed by atoms with Crippen LogP contribution in [0.1, 0.15) is 18.5 Å². The normalized spacial score (nSPS) is 18.3. The number of hydrogen-bond acceptors (Lipinski definition) is 3. The highest BCUT2D eigenvalue weighted by Gasteiger charge is 2.44. The first-order valence-electron chi connectivity index (χ1n) is 9.31. The maximum absolute atomic E-state index is 13.1. The average molecular weight is 414 g/mol. The molecule has 1 fully saturated rings. The van der Waals surface area contributed by atoms with Crippen molar-refractivity contribution in [3.8, 4) is 5.69 Å². The molecule has 3 aromatic rings. The van der Waals surface area contributed by atoms with Crippen LogP contribution in [-0.2, 0) is 15.6 Å². The lowest BCUT2D eigenvalue weighted by Crippen LogP contribution is -2.51. The van der Waals surface area contributed by atoms with E-state index in [0.29, 0.717) is 25.9 Å². The summed E-state index contributed by atoms with van der Waals surface area (Å²) < 4.78 is 29.9. The molecule has 2 aliphatic heterocycles. The number of nitrogens with one attached hydrogen (secondary N) is 1. The Morgan fingerprint density at radius 2 is 1.64 bits per heavy atom. The highest BCUT2D eigenvalue weighted by molar-refractivity contribution is 7.89. The summed E-state index contributed by atoms with van der Waals surface area (Å²) in [6.07, 6.45) is 3.45. The number of sulfonamides is 1. The molecule has 0 atom stereocenters. The van der Waals surface area contributed by atoms with Gasteiger partial charge < -0.3 is 9.88 Å². The van der Waals surface area contributed by atoms with Gasteiger partial charge in [-0.15, -0.1) is 0 Å². The van der Waals surface area contributed by atoms with E-state index in [1.165, 1.54) is 5.69 Å². The lowest BCUT2D eigenvalue weighted by molar-refractivity contribution is 0.247. The third-order valence-corrected chi connectivity index (χ3v) is 8.21. The van der Waals surface area contributed by atoms with E-state index >= 15 is 0 Å². The van der Waals surface area contributed by atoms with E-state index in [2.05, 4.69) is 34.3 Å². The number of nitrogens with zero attached hydrogens (tertiary/aromatic N) is 2. The summed E-state index contributed by atoms with van der Waals surface area (Å²) in [5, 5.41) is 3.97. The molecule has 1 N–H and O–H groups in total. The predicted molar refractivity (Wildman–Crippen MR) is 111 cm³/mol. The minimum Gasteiger partial charge on any atom is -0.372 e. The minimum absolute atomic E-state index is 0.179. The molecular weight excluding hydrogens is 394 g/mol. The van der Waals surface area contributed by atoms with Crippen LogP contribution in [0.4, 0.5) is 5.69 Å². The molecule has 7 heteroatoms. The average Bonchev–Trinajstić information content (AvgIpc) is 3.20. The van der Waals surface area contributed by atoms with Crippen molar-refractivity contribution >= 4 is 27.3 Å². The SMILES string of the molecule is O=S(=O)(c1ccccc1Cl)N1CCC2(CC1)Nc1ccccc1-n1cccc12. The Hall–Kier alpha value is -2.28. The molecule has 0 saturated carbocycles. The van der Waals surface area contributed by atoms with Gasteiger partial charge in [-0.2, -0.15) is 4.31 Å². The zero-order chi connectivity index (χ0) is 19.4. The third kappa shape index (κ3) is 2.59. The molecule has 3 heterocycles. The Morgan fingerprint density at radius 3 is 2.43 bits per heavy atom. The van der Waals surface area contributed by atoms with Crippen LogP contribution in [0, 0.1) is 0 Å². The lowest BCUT2D eigenvalue weighted by atomic mass is 9.83. The van der Waals surface area contributed by atoms with Crippen LogP contribution >= 0.6 is 11.6 Å². The largest absolute Gasteiger partial charge is 0.372 e. The topological polar surface area (TPSA) is 54.3 Å². The molecule has 0 amide bonds. The molecule has 5 nitrogen and oxygen atoms in total. The second kappa shape index (κ2) is 6.37. The summed E-state index contributed by atoms with van der Waals surface area (Å²) in [6, 6.07) is 19.0. The van der Waals surface area contributed by atoms with Crippen molar-refractivity contribution in [2.45, 2.75) is 23.3 Å². The number of piperidine rings is 1. The molecular formula is C21H20ClN3O2S. The predicted octanol–water partition coefficient (Wildman–Crippen LogP) is 4.24. The van der Waals surface area contributed by atoms with Crippen LogP contribution < -0.4 is 5.32 Å². The molecule has 0 radical (unpaired) electrons. The molecule has 144 valence electrons. The monoisotopic (exact) mass is 413 g/mol. The van der Waals surface area contributed by atoms with Crippen LogP contribution in [0.3, 0.4) is 0 Å². The molecule has 0 bridgehead atoms. The van der Waals surface area contributed by atoms with Gasteiger partial charge >= 0.3 is 0 Å². The van der Waals surface area contributed by atoms with Crippen LogP contribution in [0.5, 0.6) is 0 Å². The fourth-order valence-electron chi connectivity index (χ4n) is 4.37. The van der Waals surface area contributed by atoms with Crippen molar-refractivity contribution in [2.75, 3.05) is 18.4 Å². The number of hydrogen-bond donors (Lipinski definition) is 1. The summed E-state index contributed by atoms with van der Waals surface area (Å²) in [5.41, 5.74) is 3.11. The van der Waals surface area contributed by atoms with E-state index in [1.54, 1.807) is 28.6 Å². The fourth-order valence-corrected chi connectivity index (χ4v) is 6.31. The van der Waals surface area contributed by atoms with Crippen molar-refractivity contribution in [2.24, 2.45) is 0 Å². The lowest BCUT2D eigenvalue weighted by Gasteiger charge is -2.45. The van der Waals surface area contributed by atoms with E-state index in [0.717, 1.165) is 11.4 Å². The number of halogens is 1. The highest BCUT2D eigenvalue weighted by Crippen LogP contribution is 2.44. The summed E-state index contributed by atoms with van der Waals surface area (Å²) in [4.78, 5) is 0.179. The molecule has 1 saturated heterocycles. The van der Waals surface area contributed by atoms with Gasteiger partial charge in [0.25, 0.3) is 0 Å². The van der Waals surface area contributed by atoms with Gasteiger partial charge in [-0.25, -0.2) is 8.42 Å². The summed E-state index contributed by atoms with van der Waals surface area (Å²) >= 11 is 6.16. The molecule has 5 rings (SSSR count). The molecule has 1 aromatic heterocycles. The Balaban J connectivity index is 1.46.